The quantitative estimate of drug-likeness (QED) is 0.841. The summed E-state index contributed by atoms with van der Waals surface area (Å²) >= 11 is 1.63. The Morgan fingerprint density at radius 3 is 2.68 bits per heavy atom. The first kappa shape index (κ1) is 18.5. The van der Waals surface area contributed by atoms with Crippen molar-refractivity contribution in [2.75, 3.05) is 20.6 Å². The molecule has 0 bridgehead atoms. The number of hydrogen-bond donors (Lipinski definition) is 1. The van der Waals surface area contributed by atoms with E-state index in [0.717, 1.165) is 29.8 Å². The highest BCUT2D eigenvalue weighted by Crippen LogP contribution is 2.44. The molecule has 1 aliphatic carbocycles. The molecule has 1 aromatic heterocycles. The molecule has 1 heterocycles. The van der Waals surface area contributed by atoms with Crippen molar-refractivity contribution in [2.45, 2.75) is 37.6 Å². The van der Waals surface area contributed by atoms with Gasteiger partial charge in [0, 0.05) is 17.3 Å². The van der Waals surface area contributed by atoms with Crippen molar-refractivity contribution < 1.29 is 14.2 Å². The summed E-state index contributed by atoms with van der Waals surface area (Å²) in [5.41, 5.74) is 0.207. The molecule has 1 aromatic carbocycles. The fourth-order valence-electron chi connectivity index (χ4n) is 3.68. The van der Waals surface area contributed by atoms with Gasteiger partial charge in [-0.05, 0) is 62.5 Å². The highest BCUT2D eigenvalue weighted by Gasteiger charge is 2.44. The van der Waals surface area contributed by atoms with Gasteiger partial charge in [-0.1, -0.05) is 18.2 Å². The van der Waals surface area contributed by atoms with E-state index in [1.807, 2.05) is 31.6 Å². The van der Waals surface area contributed by atoms with E-state index in [0.29, 0.717) is 13.0 Å². The molecule has 5 heteroatoms. The minimum absolute atomic E-state index is 0.121. The Bertz CT molecular complexity index is 659. The van der Waals surface area contributed by atoms with Gasteiger partial charge in [0.25, 0.3) is 0 Å². The maximum absolute atomic E-state index is 13.0. The average molecular weight is 363 g/mol. The van der Waals surface area contributed by atoms with Crippen molar-refractivity contribution in [2.24, 2.45) is 5.92 Å². The molecular weight excluding hydrogens is 337 g/mol. The third-order valence-corrected chi connectivity index (χ3v) is 6.04. The molecule has 1 fully saturated rings. The van der Waals surface area contributed by atoms with E-state index in [2.05, 4.69) is 4.90 Å². The zero-order valence-electron chi connectivity index (χ0n) is 14.8. The van der Waals surface area contributed by atoms with Crippen molar-refractivity contribution in [3.8, 4) is 0 Å². The van der Waals surface area contributed by atoms with Gasteiger partial charge in [-0.25, -0.2) is 4.39 Å². The molecule has 3 atom stereocenters. The summed E-state index contributed by atoms with van der Waals surface area (Å²) in [7, 11) is 4.08. The molecule has 3 nitrogen and oxygen atoms in total. The molecule has 0 aliphatic heterocycles. The maximum Gasteiger partial charge on any atom is 0.123 e. The van der Waals surface area contributed by atoms with Gasteiger partial charge in [0.05, 0.1) is 12.7 Å². The predicted octanol–water partition coefficient (Wildman–Crippen LogP) is 4.02. The number of benzene rings is 1. The predicted molar refractivity (Wildman–Crippen MR) is 99.1 cm³/mol. The minimum atomic E-state index is -0.770. The van der Waals surface area contributed by atoms with Crippen LogP contribution in [0, 0.1) is 11.7 Å². The normalized spacial score (nSPS) is 26.9. The number of ether oxygens (including phenoxy) is 1. The second kappa shape index (κ2) is 7.96. The van der Waals surface area contributed by atoms with Gasteiger partial charge in [-0.15, -0.1) is 11.3 Å². The van der Waals surface area contributed by atoms with E-state index < -0.39 is 5.60 Å². The highest BCUT2D eigenvalue weighted by molar-refractivity contribution is 7.10. The molecule has 2 aromatic rings. The van der Waals surface area contributed by atoms with Gasteiger partial charge < -0.3 is 14.7 Å². The Kier molecular flexibility index (Phi) is 5.89. The SMILES string of the molecule is CN(C)CC1CC(OCc2ccc(F)cc2)CCC1(O)c1cccs1. The van der Waals surface area contributed by atoms with Crippen LogP contribution in [0.4, 0.5) is 4.39 Å². The van der Waals surface area contributed by atoms with E-state index in [4.69, 9.17) is 4.74 Å². The van der Waals surface area contributed by atoms with Crippen LogP contribution in [0.2, 0.25) is 0 Å². The van der Waals surface area contributed by atoms with Gasteiger partial charge in [-0.2, -0.15) is 0 Å². The van der Waals surface area contributed by atoms with Crippen molar-refractivity contribution in [1.82, 2.24) is 4.90 Å². The number of halogens is 1. The van der Waals surface area contributed by atoms with Crippen LogP contribution >= 0.6 is 11.3 Å². The Morgan fingerprint density at radius 2 is 2.04 bits per heavy atom. The van der Waals surface area contributed by atoms with Crippen molar-refractivity contribution in [3.63, 3.8) is 0 Å². The van der Waals surface area contributed by atoms with Gasteiger partial charge in [-0.3, -0.25) is 0 Å². The second-order valence-electron chi connectivity index (χ2n) is 7.19. The summed E-state index contributed by atoms with van der Waals surface area (Å²) < 4.78 is 19.1. The summed E-state index contributed by atoms with van der Waals surface area (Å²) in [6.45, 7) is 1.31. The first-order chi connectivity index (χ1) is 12.0. The molecule has 0 spiro atoms. The molecule has 0 radical (unpaired) electrons. The summed E-state index contributed by atoms with van der Waals surface area (Å²) in [6, 6.07) is 10.5. The molecule has 136 valence electrons. The van der Waals surface area contributed by atoms with Gasteiger partial charge in [0.15, 0.2) is 0 Å². The summed E-state index contributed by atoms with van der Waals surface area (Å²) in [6.07, 6.45) is 2.49. The number of hydrogen-bond acceptors (Lipinski definition) is 4. The monoisotopic (exact) mass is 363 g/mol. The Morgan fingerprint density at radius 1 is 1.28 bits per heavy atom. The largest absolute Gasteiger partial charge is 0.384 e. The molecule has 25 heavy (non-hydrogen) atoms. The Balaban J connectivity index is 1.66. The minimum Gasteiger partial charge on any atom is -0.384 e. The fourth-order valence-corrected chi connectivity index (χ4v) is 4.61. The third kappa shape index (κ3) is 4.47. The van der Waals surface area contributed by atoms with Crippen molar-refractivity contribution >= 4 is 11.3 Å². The zero-order chi connectivity index (χ0) is 17.9. The maximum atomic E-state index is 13.0. The lowest BCUT2D eigenvalue weighted by atomic mass is 9.73. The second-order valence-corrected chi connectivity index (χ2v) is 8.14. The van der Waals surface area contributed by atoms with Crippen LogP contribution in [0.15, 0.2) is 41.8 Å². The van der Waals surface area contributed by atoms with Gasteiger partial charge >= 0.3 is 0 Å². The molecule has 0 saturated heterocycles. The molecule has 1 aliphatic rings. The zero-order valence-corrected chi connectivity index (χ0v) is 15.6. The Labute approximate surface area is 153 Å². The first-order valence-electron chi connectivity index (χ1n) is 8.74. The molecule has 1 saturated carbocycles. The van der Waals surface area contributed by atoms with E-state index in [1.165, 1.54) is 12.1 Å². The van der Waals surface area contributed by atoms with Gasteiger partial charge in [0.2, 0.25) is 0 Å². The molecule has 3 unspecified atom stereocenters. The van der Waals surface area contributed by atoms with Crippen LogP contribution < -0.4 is 0 Å². The lowest BCUT2D eigenvalue weighted by molar-refractivity contribution is -0.108. The lowest BCUT2D eigenvalue weighted by Gasteiger charge is -2.43. The van der Waals surface area contributed by atoms with Crippen LogP contribution in [0.3, 0.4) is 0 Å². The topological polar surface area (TPSA) is 32.7 Å². The fraction of sp³-hybridized carbons (Fsp3) is 0.500. The van der Waals surface area contributed by atoms with Crippen LogP contribution in [0.5, 0.6) is 0 Å². The van der Waals surface area contributed by atoms with E-state index in [9.17, 15) is 9.50 Å². The smallest absolute Gasteiger partial charge is 0.123 e. The third-order valence-electron chi connectivity index (χ3n) is 5.00. The standard InChI is InChI=1S/C20H26FNO2S/c1-22(2)13-16-12-18(24-14-15-5-7-17(21)8-6-15)9-10-20(16,23)19-4-3-11-25-19/h3-8,11,16,18,23H,9-10,12-14H2,1-2H3. The summed E-state index contributed by atoms with van der Waals surface area (Å²) in [4.78, 5) is 3.18. The van der Waals surface area contributed by atoms with E-state index in [-0.39, 0.29) is 17.8 Å². The van der Waals surface area contributed by atoms with Crippen LogP contribution in [0.1, 0.15) is 29.7 Å². The van der Waals surface area contributed by atoms with Crippen molar-refractivity contribution in [3.05, 3.63) is 58.0 Å². The summed E-state index contributed by atoms with van der Waals surface area (Å²) in [5.74, 6) is -0.0957. The number of thiophene rings is 1. The van der Waals surface area contributed by atoms with Crippen LogP contribution in [-0.2, 0) is 16.9 Å². The molecule has 1 N–H and O–H groups in total. The number of rotatable bonds is 6. The first-order valence-corrected chi connectivity index (χ1v) is 9.62. The van der Waals surface area contributed by atoms with Crippen molar-refractivity contribution in [1.29, 1.82) is 0 Å². The van der Waals surface area contributed by atoms with E-state index >= 15 is 0 Å². The summed E-state index contributed by atoms with van der Waals surface area (Å²) in [5, 5.41) is 13.4. The highest BCUT2D eigenvalue weighted by atomic mass is 32.1. The average Bonchev–Trinajstić information content (AvgIpc) is 3.12. The number of nitrogens with zero attached hydrogens (tertiary/aromatic N) is 1. The van der Waals surface area contributed by atoms with Crippen LogP contribution in [-0.4, -0.2) is 36.8 Å². The molecule has 3 rings (SSSR count). The van der Waals surface area contributed by atoms with Gasteiger partial charge in [0.1, 0.15) is 11.4 Å². The molecular formula is C20H26FNO2S. The molecule has 0 amide bonds. The van der Waals surface area contributed by atoms with Crippen LogP contribution in [0.25, 0.3) is 0 Å². The number of aliphatic hydroxyl groups is 1. The lowest BCUT2D eigenvalue weighted by Crippen LogP contribution is -2.46. The van der Waals surface area contributed by atoms with E-state index in [1.54, 1.807) is 23.5 Å². The Hall–Kier alpha value is -1.27.